The molecule has 0 aliphatic heterocycles. The van der Waals surface area contributed by atoms with Crippen LogP contribution in [0.4, 0.5) is 11.5 Å². The van der Waals surface area contributed by atoms with Crippen molar-refractivity contribution in [3.63, 3.8) is 0 Å². The third kappa shape index (κ3) is 4.50. The second-order valence-electron chi connectivity index (χ2n) is 7.06. The van der Waals surface area contributed by atoms with Crippen molar-refractivity contribution in [2.75, 3.05) is 10.6 Å². The quantitative estimate of drug-likeness (QED) is 0.796. The van der Waals surface area contributed by atoms with E-state index in [0.717, 1.165) is 42.0 Å². The molecule has 1 heterocycles. The summed E-state index contributed by atoms with van der Waals surface area (Å²) in [5, 5.41) is 10.3. The summed E-state index contributed by atoms with van der Waals surface area (Å²) in [6, 6.07) is 9.56. The molecule has 1 fully saturated rings. The fourth-order valence-corrected chi connectivity index (χ4v) is 2.79. The predicted octanol–water partition coefficient (Wildman–Crippen LogP) is 3.69. The molecule has 2 amide bonds. The van der Waals surface area contributed by atoms with Crippen molar-refractivity contribution in [3.05, 3.63) is 41.6 Å². The van der Waals surface area contributed by atoms with E-state index in [1.807, 2.05) is 41.9 Å². The lowest BCUT2D eigenvalue weighted by molar-refractivity contribution is -0.117. The Hall–Kier alpha value is -2.63. The number of rotatable bonds is 7. The number of nitrogens with zero attached hydrogens (tertiary/aromatic N) is 2. The van der Waals surface area contributed by atoms with Crippen LogP contribution in [0.25, 0.3) is 0 Å². The molecule has 26 heavy (non-hydrogen) atoms. The maximum absolute atomic E-state index is 12.4. The topological polar surface area (TPSA) is 76.0 Å². The van der Waals surface area contributed by atoms with E-state index < -0.39 is 0 Å². The maximum Gasteiger partial charge on any atom is 0.229 e. The number of amides is 2. The molecule has 0 saturated heterocycles. The number of hydrogen-bond donors (Lipinski definition) is 2. The lowest BCUT2D eigenvalue weighted by atomic mass is 10.1. The minimum absolute atomic E-state index is 0.0794. The van der Waals surface area contributed by atoms with Gasteiger partial charge >= 0.3 is 0 Å². The summed E-state index contributed by atoms with van der Waals surface area (Å²) in [4.78, 5) is 24.2. The summed E-state index contributed by atoms with van der Waals surface area (Å²) < 4.78 is 1.86. The second kappa shape index (κ2) is 7.72. The highest BCUT2D eigenvalue weighted by atomic mass is 16.2. The van der Waals surface area contributed by atoms with Gasteiger partial charge in [-0.15, -0.1) is 0 Å². The number of carbonyl (C=O) groups excluding carboxylic acids is 2. The van der Waals surface area contributed by atoms with Gasteiger partial charge in [0.25, 0.3) is 0 Å². The van der Waals surface area contributed by atoms with E-state index in [2.05, 4.69) is 29.6 Å². The molecule has 3 rings (SSSR count). The third-order valence-corrected chi connectivity index (χ3v) is 4.67. The summed E-state index contributed by atoms with van der Waals surface area (Å²) in [6.07, 6.45) is 3.19. The van der Waals surface area contributed by atoms with Gasteiger partial charge in [-0.3, -0.25) is 9.59 Å². The number of nitrogens with one attached hydrogen (secondary N) is 2. The average molecular weight is 354 g/mol. The Morgan fingerprint density at radius 2 is 1.92 bits per heavy atom. The van der Waals surface area contributed by atoms with Crippen LogP contribution in [0.1, 0.15) is 50.4 Å². The van der Waals surface area contributed by atoms with Gasteiger partial charge < -0.3 is 10.6 Å². The van der Waals surface area contributed by atoms with E-state index in [0.29, 0.717) is 0 Å². The predicted molar refractivity (Wildman–Crippen MR) is 102 cm³/mol. The van der Waals surface area contributed by atoms with Gasteiger partial charge in [-0.25, -0.2) is 4.68 Å². The van der Waals surface area contributed by atoms with Crippen LogP contribution in [0.3, 0.4) is 0 Å². The van der Waals surface area contributed by atoms with Crippen molar-refractivity contribution in [3.8, 4) is 0 Å². The van der Waals surface area contributed by atoms with Crippen LogP contribution < -0.4 is 10.6 Å². The lowest BCUT2D eigenvalue weighted by Crippen LogP contribution is -2.19. The second-order valence-corrected chi connectivity index (χ2v) is 7.06. The highest BCUT2D eigenvalue weighted by molar-refractivity contribution is 5.94. The number of hydrogen-bond acceptors (Lipinski definition) is 3. The molecule has 1 aromatic carbocycles. The molecule has 1 aliphatic rings. The van der Waals surface area contributed by atoms with Crippen molar-refractivity contribution in [1.82, 2.24) is 9.78 Å². The van der Waals surface area contributed by atoms with Crippen molar-refractivity contribution < 1.29 is 9.59 Å². The monoisotopic (exact) mass is 354 g/mol. The van der Waals surface area contributed by atoms with Gasteiger partial charge in [0.15, 0.2) is 0 Å². The first-order chi connectivity index (χ1) is 12.5. The normalized spacial score (nSPS) is 14.7. The molecule has 1 aromatic heterocycles. The number of anilines is 2. The van der Waals surface area contributed by atoms with E-state index >= 15 is 0 Å². The van der Waals surface area contributed by atoms with Gasteiger partial charge in [-0.05, 0) is 50.8 Å². The summed E-state index contributed by atoms with van der Waals surface area (Å²) in [6.45, 7) is 6.09. The van der Waals surface area contributed by atoms with Crippen LogP contribution in [-0.4, -0.2) is 21.6 Å². The first-order valence-corrected chi connectivity index (χ1v) is 9.22. The molecule has 6 heteroatoms. The highest BCUT2D eigenvalue weighted by Crippen LogP contribution is 2.30. The zero-order valence-electron chi connectivity index (χ0n) is 15.6. The molecule has 0 bridgehead atoms. The minimum atomic E-state index is -0.0794. The van der Waals surface area contributed by atoms with Crippen LogP contribution in [0.15, 0.2) is 30.3 Å². The largest absolute Gasteiger partial charge is 0.326 e. The molecule has 1 aliphatic carbocycles. The average Bonchev–Trinajstić information content (AvgIpc) is 3.40. The molecule has 0 spiro atoms. The zero-order valence-corrected chi connectivity index (χ0v) is 15.6. The number of aromatic nitrogens is 2. The summed E-state index contributed by atoms with van der Waals surface area (Å²) in [5.74, 6) is 0.919. The van der Waals surface area contributed by atoms with Gasteiger partial charge in [0.1, 0.15) is 5.82 Å². The van der Waals surface area contributed by atoms with Gasteiger partial charge in [0, 0.05) is 17.7 Å². The Balaban J connectivity index is 1.59. The molecular weight excluding hydrogens is 328 g/mol. The number of aryl methyl sites for hydroxylation is 1. The number of carbonyl (C=O) groups is 2. The van der Waals surface area contributed by atoms with Crippen LogP contribution in [0.2, 0.25) is 0 Å². The van der Waals surface area contributed by atoms with E-state index in [1.54, 1.807) is 0 Å². The van der Waals surface area contributed by atoms with Crippen molar-refractivity contribution in [2.24, 2.45) is 5.92 Å². The van der Waals surface area contributed by atoms with Crippen molar-refractivity contribution >= 4 is 23.3 Å². The van der Waals surface area contributed by atoms with Gasteiger partial charge in [0.05, 0.1) is 18.2 Å². The minimum Gasteiger partial charge on any atom is -0.326 e. The van der Waals surface area contributed by atoms with Crippen molar-refractivity contribution in [1.29, 1.82) is 0 Å². The molecule has 1 unspecified atom stereocenters. The van der Waals surface area contributed by atoms with E-state index in [9.17, 15) is 9.59 Å². The standard InChI is InChI=1S/C20H26N4O2/c1-4-14(3)24-18(11-13(2)23-24)22-19(25)12-15-5-9-17(10-6-15)21-20(26)16-7-8-16/h5-6,9-11,14,16H,4,7-8,12H2,1-3H3,(H,21,26)(H,22,25). The highest BCUT2D eigenvalue weighted by Gasteiger charge is 2.29. The van der Waals surface area contributed by atoms with E-state index in [-0.39, 0.29) is 30.2 Å². The molecule has 1 atom stereocenters. The molecule has 0 radical (unpaired) electrons. The summed E-state index contributed by atoms with van der Waals surface area (Å²) in [7, 11) is 0. The fourth-order valence-electron chi connectivity index (χ4n) is 2.79. The fraction of sp³-hybridized carbons (Fsp3) is 0.450. The Labute approximate surface area is 154 Å². The SMILES string of the molecule is CCC(C)n1nc(C)cc1NC(=O)Cc1ccc(NC(=O)C2CC2)cc1. The molecular formula is C20H26N4O2. The molecule has 2 aromatic rings. The van der Waals surface area contributed by atoms with E-state index in [1.165, 1.54) is 0 Å². The van der Waals surface area contributed by atoms with Crippen LogP contribution in [0, 0.1) is 12.8 Å². The lowest BCUT2D eigenvalue weighted by Gasteiger charge is -2.14. The maximum atomic E-state index is 12.4. The Morgan fingerprint density at radius 1 is 1.23 bits per heavy atom. The molecule has 2 N–H and O–H groups in total. The Kier molecular flexibility index (Phi) is 5.40. The van der Waals surface area contributed by atoms with E-state index in [4.69, 9.17) is 0 Å². The third-order valence-electron chi connectivity index (χ3n) is 4.67. The molecule has 1 saturated carbocycles. The summed E-state index contributed by atoms with van der Waals surface area (Å²) in [5.41, 5.74) is 2.56. The Morgan fingerprint density at radius 3 is 2.54 bits per heavy atom. The smallest absolute Gasteiger partial charge is 0.229 e. The molecule has 6 nitrogen and oxygen atoms in total. The number of benzene rings is 1. The van der Waals surface area contributed by atoms with Crippen LogP contribution in [0.5, 0.6) is 0 Å². The van der Waals surface area contributed by atoms with Crippen LogP contribution >= 0.6 is 0 Å². The van der Waals surface area contributed by atoms with Gasteiger partial charge in [0.2, 0.25) is 11.8 Å². The zero-order chi connectivity index (χ0) is 18.7. The first kappa shape index (κ1) is 18.2. The van der Waals surface area contributed by atoms with Gasteiger partial charge in [-0.2, -0.15) is 5.10 Å². The Bertz CT molecular complexity index is 791. The van der Waals surface area contributed by atoms with Gasteiger partial charge in [-0.1, -0.05) is 19.1 Å². The molecule has 138 valence electrons. The first-order valence-electron chi connectivity index (χ1n) is 9.22. The van der Waals surface area contributed by atoms with Crippen LogP contribution in [-0.2, 0) is 16.0 Å². The van der Waals surface area contributed by atoms with Crippen molar-refractivity contribution in [2.45, 2.75) is 52.5 Å². The summed E-state index contributed by atoms with van der Waals surface area (Å²) >= 11 is 0.